The van der Waals surface area contributed by atoms with Crippen LogP contribution in [0.2, 0.25) is 0 Å². The number of halogens is 1. The van der Waals surface area contributed by atoms with Crippen LogP contribution < -0.4 is 10.5 Å². The summed E-state index contributed by atoms with van der Waals surface area (Å²) in [5, 5.41) is 2.18. The minimum Gasteiger partial charge on any atom is -0.495 e. The van der Waals surface area contributed by atoms with Crippen LogP contribution in [0.25, 0.3) is 10.1 Å². The predicted octanol–water partition coefficient (Wildman–Crippen LogP) is 2.63. The van der Waals surface area contributed by atoms with Crippen LogP contribution in [0.1, 0.15) is 0 Å². The monoisotopic (exact) mass is 197 g/mol. The second-order valence-electron chi connectivity index (χ2n) is 2.64. The summed E-state index contributed by atoms with van der Waals surface area (Å²) < 4.78 is 19.1. The van der Waals surface area contributed by atoms with Crippen molar-refractivity contribution in [3.05, 3.63) is 23.3 Å². The molecular formula is C9H8FNOS. The molecular weight excluding hydrogens is 189 g/mol. The molecule has 0 spiro atoms. The Morgan fingerprint density at radius 3 is 2.92 bits per heavy atom. The maximum atomic E-state index is 13.3. The second kappa shape index (κ2) is 2.88. The first-order valence-electron chi connectivity index (χ1n) is 3.73. The highest BCUT2D eigenvalue weighted by molar-refractivity contribution is 7.18. The smallest absolute Gasteiger partial charge is 0.136 e. The number of methoxy groups -OCH3 is 1. The third kappa shape index (κ3) is 1.14. The summed E-state index contributed by atoms with van der Waals surface area (Å²) in [6.45, 7) is 0. The topological polar surface area (TPSA) is 35.2 Å². The van der Waals surface area contributed by atoms with Crippen LogP contribution in [0.3, 0.4) is 0 Å². The predicted molar refractivity (Wildman–Crippen MR) is 52.7 cm³/mol. The van der Waals surface area contributed by atoms with Crippen LogP contribution in [0.15, 0.2) is 17.5 Å². The highest BCUT2D eigenvalue weighted by atomic mass is 32.1. The summed E-state index contributed by atoms with van der Waals surface area (Å²) >= 11 is 1.39. The Morgan fingerprint density at radius 1 is 1.46 bits per heavy atom. The molecule has 0 fully saturated rings. The lowest BCUT2D eigenvalue weighted by atomic mass is 10.2. The number of nitrogen functional groups attached to an aromatic ring is 1. The average molecular weight is 197 g/mol. The molecule has 2 N–H and O–H groups in total. The van der Waals surface area contributed by atoms with Gasteiger partial charge in [-0.15, -0.1) is 11.3 Å². The molecule has 4 heteroatoms. The molecule has 2 rings (SSSR count). The highest BCUT2D eigenvalue weighted by Crippen LogP contribution is 2.36. The van der Waals surface area contributed by atoms with Gasteiger partial charge in [-0.05, 0) is 12.1 Å². The van der Waals surface area contributed by atoms with Crippen LogP contribution >= 0.6 is 11.3 Å². The number of benzene rings is 1. The Hall–Kier alpha value is -1.29. The molecule has 0 amide bonds. The largest absolute Gasteiger partial charge is 0.495 e. The van der Waals surface area contributed by atoms with Gasteiger partial charge in [-0.2, -0.15) is 0 Å². The van der Waals surface area contributed by atoms with Crippen molar-refractivity contribution in [2.24, 2.45) is 0 Å². The Balaban J connectivity index is 2.87. The fraction of sp³-hybridized carbons (Fsp3) is 0.111. The SMILES string of the molecule is COc1ccc(F)c2c(N)csc12. The van der Waals surface area contributed by atoms with Crippen molar-refractivity contribution in [1.82, 2.24) is 0 Å². The van der Waals surface area contributed by atoms with Crippen LogP contribution in [0.4, 0.5) is 10.1 Å². The molecule has 1 aromatic heterocycles. The number of anilines is 1. The number of hydrogen-bond acceptors (Lipinski definition) is 3. The molecule has 0 aliphatic heterocycles. The van der Waals surface area contributed by atoms with Gasteiger partial charge in [0.1, 0.15) is 11.6 Å². The maximum absolute atomic E-state index is 13.3. The zero-order valence-corrected chi connectivity index (χ0v) is 7.82. The molecule has 0 aliphatic carbocycles. The molecule has 0 saturated heterocycles. The fourth-order valence-corrected chi connectivity index (χ4v) is 2.23. The van der Waals surface area contributed by atoms with Gasteiger partial charge in [-0.3, -0.25) is 0 Å². The van der Waals surface area contributed by atoms with Gasteiger partial charge in [0.05, 0.1) is 22.9 Å². The van der Waals surface area contributed by atoms with Crippen molar-refractivity contribution in [3.8, 4) is 5.75 Å². The summed E-state index contributed by atoms with van der Waals surface area (Å²) in [4.78, 5) is 0. The third-order valence-corrected chi connectivity index (χ3v) is 2.90. The zero-order chi connectivity index (χ0) is 9.42. The average Bonchev–Trinajstić information content (AvgIpc) is 2.50. The molecule has 13 heavy (non-hydrogen) atoms. The lowest BCUT2D eigenvalue weighted by Gasteiger charge is -2.01. The number of fused-ring (bicyclic) bond motifs is 1. The molecule has 0 aliphatic rings. The minimum atomic E-state index is -0.297. The molecule has 0 saturated carbocycles. The number of hydrogen-bond donors (Lipinski definition) is 1. The summed E-state index contributed by atoms with van der Waals surface area (Å²) in [6, 6.07) is 2.97. The summed E-state index contributed by atoms with van der Waals surface area (Å²) in [5.41, 5.74) is 6.08. The van der Waals surface area contributed by atoms with Crippen molar-refractivity contribution in [2.45, 2.75) is 0 Å². The van der Waals surface area contributed by atoms with Crippen LogP contribution in [0.5, 0.6) is 5.75 Å². The molecule has 0 unspecified atom stereocenters. The van der Waals surface area contributed by atoms with Gasteiger partial charge < -0.3 is 10.5 Å². The first kappa shape index (κ1) is 8.31. The standard InChI is InChI=1S/C9H8FNOS/c1-12-7-3-2-5(10)8-6(11)4-13-9(7)8/h2-4H,11H2,1H3. The molecule has 2 aromatic rings. The first-order valence-corrected chi connectivity index (χ1v) is 4.61. The first-order chi connectivity index (χ1) is 6.24. The quantitative estimate of drug-likeness (QED) is 0.762. The molecule has 68 valence electrons. The lowest BCUT2D eigenvalue weighted by Crippen LogP contribution is -1.87. The normalized spacial score (nSPS) is 10.6. The Kier molecular flexibility index (Phi) is 1.84. The van der Waals surface area contributed by atoms with Crippen molar-refractivity contribution >= 4 is 27.1 Å². The van der Waals surface area contributed by atoms with E-state index in [9.17, 15) is 4.39 Å². The third-order valence-electron chi connectivity index (χ3n) is 1.88. The van der Waals surface area contributed by atoms with Crippen LogP contribution in [0, 0.1) is 5.82 Å². The number of thiophene rings is 1. The van der Waals surface area contributed by atoms with E-state index in [1.807, 2.05) is 0 Å². The van der Waals surface area contributed by atoms with E-state index in [-0.39, 0.29) is 5.82 Å². The molecule has 1 heterocycles. The molecule has 0 bridgehead atoms. The lowest BCUT2D eigenvalue weighted by molar-refractivity contribution is 0.420. The maximum Gasteiger partial charge on any atom is 0.136 e. The minimum absolute atomic E-state index is 0.297. The highest BCUT2D eigenvalue weighted by Gasteiger charge is 2.10. The fourth-order valence-electron chi connectivity index (χ4n) is 1.27. The van der Waals surface area contributed by atoms with Gasteiger partial charge in [0, 0.05) is 5.38 Å². The van der Waals surface area contributed by atoms with Gasteiger partial charge in [0.25, 0.3) is 0 Å². The van der Waals surface area contributed by atoms with E-state index in [0.717, 1.165) is 4.70 Å². The van der Waals surface area contributed by atoms with E-state index in [2.05, 4.69) is 0 Å². The number of ether oxygens (including phenoxy) is 1. The van der Waals surface area contributed by atoms with Gasteiger partial charge >= 0.3 is 0 Å². The Labute approximate surface area is 78.7 Å². The molecule has 1 aromatic carbocycles. The van der Waals surface area contributed by atoms with Gasteiger partial charge in [-0.1, -0.05) is 0 Å². The van der Waals surface area contributed by atoms with Crippen molar-refractivity contribution < 1.29 is 9.13 Å². The van der Waals surface area contributed by atoms with E-state index in [1.165, 1.54) is 17.4 Å². The summed E-state index contributed by atoms with van der Waals surface area (Å²) in [7, 11) is 1.56. The van der Waals surface area contributed by atoms with Gasteiger partial charge in [0.2, 0.25) is 0 Å². The van der Waals surface area contributed by atoms with Crippen LogP contribution in [-0.4, -0.2) is 7.11 Å². The van der Waals surface area contributed by atoms with Gasteiger partial charge in [-0.25, -0.2) is 4.39 Å². The Bertz CT molecular complexity index is 452. The molecule has 2 nitrogen and oxygen atoms in total. The van der Waals surface area contributed by atoms with Gasteiger partial charge in [0.15, 0.2) is 0 Å². The second-order valence-corrected chi connectivity index (χ2v) is 3.52. The molecule has 0 atom stereocenters. The van der Waals surface area contributed by atoms with E-state index in [0.29, 0.717) is 16.8 Å². The van der Waals surface area contributed by atoms with Crippen molar-refractivity contribution in [3.63, 3.8) is 0 Å². The molecule has 0 radical (unpaired) electrons. The van der Waals surface area contributed by atoms with E-state index in [4.69, 9.17) is 10.5 Å². The Morgan fingerprint density at radius 2 is 2.23 bits per heavy atom. The number of rotatable bonds is 1. The van der Waals surface area contributed by atoms with Crippen molar-refractivity contribution in [1.29, 1.82) is 0 Å². The summed E-state index contributed by atoms with van der Waals surface area (Å²) in [6.07, 6.45) is 0. The zero-order valence-electron chi connectivity index (χ0n) is 7.00. The van der Waals surface area contributed by atoms with E-state index < -0.39 is 0 Å². The summed E-state index contributed by atoms with van der Waals surface area (Å²) in [5.74, 6) is 0.368. The van der Waals surface area contributed by atoms with E-state index >= 15 is 0 Å². The van der Waals surface area contributed by atoms with Crippen LogP contribution in [-0.2, 0) is 0 Å². The van der Waals surface area contributed by atoms with Crippen molar-refractivity contribution in [2.75, 3.05) is 12.8 Å². The van der Waals surface area contributed by atoms with E-state index in [1.54, 1.807) is 18.6 Å². The number of nitrogens with two attached hydrogens (primary N) is 1.